The second kappa shape index (κ2) is 8.21. The van der Waals surface area contributed by atoms with Crippen LogP contribution in [0, 0.1) is 32.9 Å². The summed E-state index contributed by atoms with van der Waals surface area (Å²) in [4.78, 5) is 19.6. The number of pyridine rings is 1. The van der Waals surface area contributed by atoms with Crippen LogP contribution in [0.15, 0.2) is 15.5 Å². The van der Waals surface area contributed by atoms with Gasteiger partial charge in [-0.15, -0.1) is 0 Å². The third-order valence-corrected chi connectivity index (χ3v) is 5.28. The highest BCUT2D eigenvalue weighted by Gasteiger charge is 2.36. The molecule has 0 aliphatic carbocycles. The maximum Gasteiger partial charge on any atom is 0.287 e. The van der Waals surface area contributed by atoms with Crippen molar-refractivity contribution in [3.8, 4) is 23.8 Å². The number of methoxy groups -OCH3 is 2. The molecule has 1 aromatic heterocycles. The van der Waals surface area contributed by atoms with Gasteiger partial charge in [0.2, 0.25) is 5.96 Å². The highest BCUT2D eigenvalue weighted by Crippen LogP contribution is 2.51. The van der Waals surface area contributed by atoms with Crippen molar-refractivity contribution in [2.24, 2.45) is 4.99 Å². The molecule has 14 heteroatoms. The number of rotatable bonds is 4. The van der Waals surface area contributed by atoms with Gasteiger partial charge in [-0.2, -0.15) is 10.5 Å². The van der Waals surface area contributed by atoms with E-state index in [4.69, 9.17) is 26.2 Å². The van der Waals surface area contributed by atoms with Gasteiger partial charge in [0.05, 0.1) is 30.9 Å². The summed E-state index contributed by atoms with van der Waals surface area (Å²) in [5.41, 5.74) is 12.0. The van der Waals surface area contributed by atoms with E-state index in [0.717, 1.165) is 0 Å². The number of nitrogens with one attached hydrogen (secondary N) is 2. The number of benzene rings is 1. The van der Waals surface area contributed by atoms with Crippen LogP contribution in [-0.2, 0) is 0 Å². The largest absolute Gasteiger partial charge is 0.493 e. The zero-order chi connectivity index (χ0) is 22.9. The number of halogens is 1. The smallest absolute Gasteiger partial charge is 0.287 e. The standard InChI is InChI=1S/C17H14BrN9O4/c1-30-8-3-7(27(28)29)11(18)9(14(8)31-2)13-10-12(21)6(4-19)15(22)25-16(10)26-17(24-13)23-5-20/h3,13H,1-2H3,(H6,21,22,23,24,25,26). The first-order chi connectivity index (χ1) is 14.8. The maximum atomic E-state index is 11.6. The van der Waals surface area contributed by atoms with Gasteiger partial charge in [0.1, 0.15) is 33.8 Å². The molecule has 0 bridgehead atoms. The Balaban J connectivity index is 2.45. The van der Waals surface area contributed by atoms with Crippen LogP contribution in [0.2, 0.25) is 0 Å². The van der Waals surface area contributed by atoms with Crippen molar-refractivity contribution in [1.29, 1.82) is 10.5 Å². The molecule has 31 heavy (non-hydrogen) atoms. The van der Waals surface area contributed by atoms with Crippen LogP contribution in [0.1, 0.15) is 22.7 Å². The second-order valence-electron chi connectivity index (χ2n) is 6.02. The normalized spacial score (nSPS) is 14.2. The molecule has 1 aliphatic heterocycles. The molecule has 13 nitrogen and oxygen atoms in total. The lowest BCUT2D eigenvalue weighted by atomic mass is 9.93. The number of guanidine groups is 1. The molecule has 0 fully saturated rings. The third-order valence-electron chi connectivity index (χ3n) is 4.45. The summed E-state index contributed by atoms with van der Waals surface area (Å²) in [6, 6.07) is 2.00. The van der Waals surface area contributed by atoms with Gasteiger partial charge >= 0.3 is 0 Å². The van der Waals surface area contributed by atoms with E-state index >= 15 is 0 Å². The lowest BCUT2D eigenvalue weighted by Gasteiger charge is -2.28. The van der Waals surface area contributed by atoms with Crippen LogP contribution < -0.4 is 31.6 Å². The van der Waals surface area contributed by atoms with Crippen molar-refractivity contribution >= 4 is 44.9 Å². The number of nitriles is 2. The van der Waals surface area contributed by atoms with Gasteiger partial charge in [-0.3, -0.25) is 15.4 Å². The number of aliphatic imine (C=N–C) groups is 1. The van der Waals surface area contributed by atoms with Crippen molar-refractivity contribution in [1.82, 2.24) is 10.3 Å². The molecule has 0 spiro atoms. The third kappa shape index (κ3) is 3.45. The summed E-state index contributed by atoms with van der Waals surface area (Å²) in [5, 5.41) is 35.2. The Morgan fingerprint density at radius 3 is 2.58 bits per heavy atom. The Hall–Kier alpha value is -4.30. The van der Waals surface area contributed by atoms with Crippen LogP contribution >= 0.6 is 15.9 Å². The van der Waals surface area contributed by atoms with Crippen LogP contribution in [0.25, 0.3) is 0 Å². The fourth-order valence-corrected chi connectivity index (χ4v) is 3.81. The minimum atomic E-state index is -1.08. The predicted molar refractivity (Wildman–Crippen MR) is 113 cm³/mol. The molecule has 158 valence electrons. The number of hydrogen-bond acceptors (Lipinski definition) is 12. The highest BCUT2D eigenvalue weighted by molar-refractivity contribution is 9.10. The summed E-state index contributed by atoms with van der Waals surface area (Å²) in [6.07, 6.45) is 1.73. The van der Waals surface area contributed by atoms with Crippen molar-refractivity contribution in [2.45, 2.75) is 6.04 Å². The number of nitrogens with two attached hydrogens (primary N) is 2. The predicted octanol–water partition coefficient (Wildman–Crippen LogP) is 1.75. The topological polar surface area (TPSA) is 211 Å². The van der Waals surface area contributed by atoms with E-state index in [1.807, 2.05) is 6.07 Å². The minimum Gasteiger partial charge on any atom is -0.493 e. The quantitative estimate of drug-likeness (QED) is 0.211. The lowest BCUT2D eigenvalue weighted by molar-refractivity contribution is -0.385. The Kier molecular flexibility index (Phi) is 5.67. The molecule has 1 atom stereocenters. The highest BCUT2D eigenvalue weighted by atomic mass is 79.9. The first-order valence-corrected chi connectivity index (χ1v) is 9.15. The Morgan fingerprint density at radius 1 is 1.32 bits per heavy atom. The van der Waals surface area contributed by atoms with Gasteiger partial charge in [-0.05, 0) is 15.9 Å². The monoisotopic (exact) mass is 487 g/mol. The first-order valence-electron chi connectivity index (χ1n) is 8.36. The van der Waals surface area contributed by atoms with E-state index in [2.05, 4.69) is 36.5 Å². The molecule has 1 unspecified atom stereocenters. The summed E-state index contributed by atoms with van der Waals surface area (Å²) in [6.45, 7) is 0. The zero-order valence-electron chi connectivity index (χ0n) is 16.1. The van der Waals surface area contributed by atoms with Crippen LogP contribution in [-0.4, -0.2) is 30.1 Å². The van der Waals surface area contributed by atoms with Gasteiger partial charge < -0.3 is 26.3 Å². The molecule has 1 aromatic carbocycles. The molecular formula is C17H14BrN9O4. The number of nitro benzene ring substituents is 1. The van der Waals surface area contributed by atoms with Gasteiger partial charge in [-0.1, -0.05) is 0 Å². The summed E-state index contributed by atoms with van der Waals surface area (Å²) in [5.74, 6) is 0.167. The van der Waals surface area contributed by atoms with E-state index in [1.165, 1.54) is 20.3 Å². The molecule has 0 radical (unpaired) electrons. The van der Waals surface area contributed by atoms with Crippen LogP contribution in [0.4, 0.5) is 23.0 Å². The van der Waals surface area contributed by atoms with Gasteiger partial charge in [-0.25, -0.2) is 9.98 Å². The minimum absolute atomic E-state index is 0.0181. The fourth-order valence-electron chi connectivity index (χ4n) is 3.15. The molecular weight excluding hydrogens is 474 g/mol. The van der Waals surface area contributed by atoms with Gasteiger partial charge in [0.25, 0.3) is 5.69 Å². The number of anilines is 3. The number of ether oxygens (including phenoxy) is 2. The molecule has 0 saturated carbocycles. The van der Waals surface area contributed by atoms with Crippen molar-refractivity contribution in [3.63, 3.8) is 0 Å². The van der Waals surface area contributed by atoms with E-state index < -0.39 is 11.0 Å². The average Bonchev–Trinajstić information content (AvgIpc) is 2.72. The number of nitrogen functional groups attached to an aromatic ring is 2. The second-order valence-corrected chi connectivity index (χ2v) is 6.81. The molecule has 2 heterocycles. The van der Waals surface area contributed by atoms with Gasteiger partial charge in [0, 0.05) is 11.1 Å². The van der Waals surface area contributed by atoms with Crippen molar-refractivity contribution < 1.29 is 14.4 Å². The average molecular weight is 488 g/mol. The molecule has 2 aromatic rings. The Labute approximate surface area is 183 Å². The van der Waals surface area contributed by atoms with Crippen molar-refractivity contribution in [2.75, 3.05) is 31.0 Å². The summed E-state index contributed by atoms with van der Waals surface area (Å²) in [7, 11) is 2.68. The summed E-state index contributed by atoms with van der Waals surface area (Å²) >= 11 is 3.25. The van der Waals surface area contributed by atoms with Gasteiger partial charge in [0.15, 0.2) is 17.7 Å². The molecule has 6 N–H and O–H groups in total. The zero-order valence-corrected chi connectivity index (χ0v) is 17.6. The van der Waals surface area contributed by atoms with E-state index in [9.17, 15) is 15.4 Å². The van der Waals surface area contributed by atoms with Crippen LogP contribution in [0.3, 0.4) is 0 Å². The van der Waals surface area contributed by atoms with Crippen LogP contribution in [0.5, 0.6) is 11.5 Å². The lowest BCUT2D eigenvalue weighted by Crippen LogP contribution is -2.33. The molecule has 3 rings (SSSR count). The SMILES string of the molecule is COc1cc([N+](=O)[O-])c(Br)c(C2N=C(NC#N)Nc3nc(N)c(C#N)c(N)c32)c1OC. The number of aromatic nitrogens is 1. The van der Waals surface area contributed by atoms with E-state index in [0.29, 0.717) is 0 Å². The summed E-state index contributed by atoms with van der Waals surface area (Å²) < 4.78 is 10.8. The number of nitrogens with zero attached hydrogens (tertiary/aromatic N) is 5. The molecule has 0 amide bonds. The van der Waals surface area contributed by atoms with E-state index in [1.54, 1.807) is 6.19 Å². The van der Waals surface area contributed by atoms with Crippen molar-refractivity contribution in [3.05, 3.63) is 37.3 Å². The Morgan fingerprint density at radius 2 is 2.03 bits per heavy atom. The maximum absolute atomic E-state index is 11.6. The fraction of sp³-hybridized carbons (Fsp3) is 0.176. The molecule has 1 aliphatic rings. The number of hydrogen-bond donors (Lipinski definition) is 4. The van der Waals surface area contributed by atoms with E-state index in [-0.39, 0.29) is 61.6 Å². The Bertz CT molecular complexity index is 1220. The first kappa shape index (κ1) is 21.4. The molecule has 0 saturated heterocycles. The number of nitro groups is 1. The number of fused-ring (bicyclic) bond motifs is 1.